The molecule has 82 valence electrons. The summed E-state index contributed by atoms with van der Waals surface area (Å²) in [5, 5.41) is 5.01. The van der Waals surface area contributed by atoms with Crippen LogP contribution in [0.5, 0.6) is 0 Å². The second kappa shape index (κ2) is 2.66. The van der Waals surface area contributed by atoms with Crippen molar-refractivity contribution in [1.82, 2.24) is 14.7 Å². The van der Waals surface area contributed by atoms with Crippen molar-refractivity contribution in [3.05, 3.63) is 23.6 Å². The van der Waals surface area contributed by atoms with Crippen LogP contribution >= 0.6 is 11.3 Å². The van der Waals surface area contributed by atoms with Crippen LogP contribution in [0.1, 0.15) is 29.8 Å². The lowest BCUT2D eigenvalue weighted by atomic mass is 10.4. The third-order valence-corrected chi connectivity index (χ3v) is 4.66. The van der Waals surface area contributed by atoms with Crippen LogP contribution in [0.25, 0.3) is 4.83 Å². The van der Waals surface area contributed by atoms with E-state index in [0.717, 1.165) is 4.83 Å². The molecule has 0 bridgehead atoms. The maximum atomic E-state index is 12.0. The average Bonchev–Trinajstić information content (AvgIpc) is 3.04. The number of imidazole rings is 1. The molecule has 0 aromatic carbocycles. The van der Waals surface area contributed by atoms with Crippen molar-refractivity contribution in [2.75, 3.05) is 0 Å². The lowest BCUT2D eigenvalue weighted by Gasteiger charge is -2.02. The van der Waals surface area contributed by atoms with Gasteiger partial charge in [-0.3, -0.25) is 9.20 Å². The van der Waals surface area contributed by atoms with E-state index in [-0.39, 0.29) is 5.91 Å². The predicted molar refractivity (Wildman–Crippen MR) is 60.6 cm³/mol. The molecule has 2 aliphatic rings. The van der Waals surface area contributed by atoms with E-state index in [1.54, 1.807) is 23.9 Å². The van der Waals surface area contributed by atoms with Crippen LogP contribution < -0.4 is 5.32 Å². The molecule has 0 radical (unpaired) electrons. The second-order valence-electron chi connectivity index (χ2n) is 4.82. The molecule has 2 aromatic rings. The molecule has 1 unspecified atom stereocenters. The molecule has 2 saturated carbocycles. The molecule has 2 aromatic heterocycles. The number of aromatic nitrogens is 2. The van der Waals surface area contributed by atoms with Gasteiger partial charge in [-0.25, -0.2) is 4.98 Å². The topological polar surface area (TPSA) is 46.4 Å². The minimum Gasteiger partial charge on any atom is -0.347 e. The van der Waals surface area contributed by atoms with E-state index in [2.05, 4.69) is 10.3 Å². The van der Waals surface area contributed by atoms with Crippen molar-refractivity contribution >= 4 is 22.1 Å². The van der Waals surface area contributed by atoms with Crippen LogP contribution in [0.4, 0.5) is 0 Å². The molecule has 2 heterocycles. The molecular formula is C11H11N3OS. The van der Waals surface area contributed by atoms with Crippen LogP contribution in [0, 0.1) is 5.41 Å². The van der Waals surface area contributed by atoms with Gasteiger partial charge in [0.2, 0.25) is 0 Å². The highest BCUT2D eigenvalue weighted by Crippen LogP contribution is 2.65. The third kappa shape index (κ3) is 1.09. The Bertz CT molecular complexity index is 581. The van der Waals surface area contributed by atoms with E-state index < -0.39 is 0 Å². The third-order valence-electron chi connectivity index (χ3n) is 3.78. The summed E-state index contributed by atoms with van der Waals surface area (Å²) in [6, 6.07) is 0.429. The van der Waals surface area contributed by atoms with Gasteiger partial charge in [0.15, 0.2) is 0 Å². The van der Waals surface area contributed by atoms with Crippen molar-refractivity contribution in [2.45, 2.75) is 25.3 Å². The lowest BCUT2D eigenvalue weighted by molar-refractivity contribution is 0.0942. The smallest absolute Gasteiger partial charge is 0.269 e. The van der Waals surface area contributed by atoms with Gasteiger partial charge in [-0.1, -0.05) is 0 Å². The summed E-state index contributed by atoms with van der Waals surface area (Å²) in [7, 11) is 0. The first-order valence-electron chi connectivity index (χ1n) is 5.49. The Labute approximate surface area is 96.3 Å². The summed E-state index contributed by atoms with van der Waals surface area (Å²) < 4.78 is 1.85. The fourth-order valence-corrected chi connectivity index (χ4v) is 3.22. The zero-order chi connectivity index (χ0) is 10.8. The molecule has 1 amide bonds. The van der Waals surface area contributed by atoms with E-state index in [4.69, 9.17) is 0 Å². The lowest BCUT2D eigenvalue weighted by Crippen LogP contribution is -2.28. The van der Waals surface area contributed by atoms with Crippen molar-refractivity contribution in [3.63, 3.8) is 0 Å². The van der Waals surface area contributed by atoms with Crippen molar-refractivity contribution < 1.29 is 4.79 Å². The number of carbonyl (C=O) groups is 1. The van der Waals surface area contributed by atoms with Gasteiger partial charge in [0.05, 0.1) is 6.20 Å². The highest BCUT2D eigenvalue weighted by molar-refractivity contribution is 7.15. The Morgan fingerprint density at radius 3 is 3.25 bits per heavy atom. The van der Waals surface area contributed by atoms with Gasteiger partial charge in [0, 0.05) is 11.4 Å². The van der Waals surface area contributed by atoms with E-state index >= 15 is 0 Å². The summed E-state index contributed by atoms with van der Waals surface area (Å²) in [6.45, 7) is 0. The van der Waals surface area contributed by atoms with Gasteiger partial charge in [-0.15, -0.1) is 11.3 Å². The molecule has 4 nitrogen and oxygen atoms in total. The zero-order valence-electron chi connectivity index (χ0n) is 8.64. The molecule has 2 aliphatic carbocycles. The van der Waals surface area contributed by atoms with Crippen LogP contribution in [0.3, 0.4) is 0 Å². The van der Waals surface area contributed by atoms with Crippen LogP contribution in [0.15, 0.2) is 17.9 Å². The number of amides is 1. The van der Waals surface area contributed by atoms with Gasteiger partial charge in [-0.05, 0) is 24.7 Å². The summed E-state index contributed by atoms with van der Waals surface area (Å²) in [5.41, 5.74) is 1.22. The molecular weight excluding hydrogens is 222 g/mol. The minimum atomic E-state index is 0.0398. The molecule has 0 saturated heterocycles. The Morgan fingerprint density at radius 2 is 2.50 bits per heavy atom. The van der Waals surface area contributed by atoms with Gasteiger partial charge >= 0.3 is 0 Å². The fraction of sp³-hybridized carbons (Fsp3) is 0.455. The van der Waals surface area contributed by atoms with Gasteiger partial charge < -0.3 is 5.32 Å². The summed E-state index contributed by atoms with van der Waals surface area (Å²) in [4.78, 5) is 17.1. The van der Waals surface area contributed by atoms with E-state index in [1.165, 1.54) is 19.3 Å². The fourth-order valence-electron chi connectivity index (χ4n) is 2.38. The first-order chi connectivity index (χ1) is 7.78. The number of fused-ring (bicyclic) bond motifs is 1. The number of carbonyl (C=O) groups excluding carboxylic acids is 1. The Balaban J connectivity index is 1.60. The monoisotopic (exact) mass is 233 g/mol. The van der Waals surface area contributed by atoms with Crippen LogP contribution in [0.2, 0.25) is 0 Å². The van der Waals surface area contributed by atoms with Crippen molar-refractivity contribution in [1.29, 1.82) is 0 Å². The Morgan fingerprint density at radius 1 is 1.62 bits per heavy atom. The van der Waals surface area contributed by atoms with Crippen molar-refractivity contribution in [3.8, 4) is 0 Å². The SMILES string of the molecule is O=C(NC1CC12CC2)c1csc2cncn12. The predicted octanol–water partition coefficient (Wildman–Crippen LogP) is 1.68. The number of nitrogens with zero attached hydrogens (tertiary/aromatic N) is 2. The molecule has 4 rings (SSSR count). The number of hydrogen-bond donors (Lipinski definition) is 1. The number of rotatable bonds is 2. The summed E-state index contributed by atoms with van der Waals surface area (Å²) >= 11 is 1.55. The number of nitrogens with one attached hydrogen (secondary N) is 1. The standard InChI is InChI=1S/C11H11N3OS/c15-10(13-8-3-11(8)1-2-11)7-5-16-9-4-12-6-14(7)9/h4-6,8H,1-3H2,(H,13,15). The number of hydrogen-bond acceptors (Lipinski definition) is 3. The van der Waals surface area contributed by atoms with Gasteiger partial charge in [-0.2, -0.15) is 0 Å². The first-order valence-corrected chi connectivity index (χ1v) is 6.37. The Hall–Kier alpha value is -1.36. The summed E-state index contributed by atoms with van der Waals surface area (Å²) in [6.07, 6.45) is 7.24. The highest BCUT2D eigenvalue weighted by atomic mass is 32.1. The van der Waals surface area contributed by atoms with E-state index in [1.807, 2.05) is 9.78 Å². The molecule has 16 heavy (non-hydrogen) atoms. The highest BCUT2D eigenvalue weighted by Gasteiger charge is 2.63. The van der Waals surface area contributed by atoms with Crippen LogP contribution in [-0.4, -0.2) is 21.3 Å². The number of thiazole rings is 1. The Kier molecular flexibility index (Phi) is 1.45. The molecule has 2 fully saturated rings. The quantitative estimate of drug-likeness (QED) is 0.857. The maximum absolute atomic E-state index is 12.0. The average molecular weight is 233 g/mol. The molecule has 1 spiro atoms. The first kappa shape index (κ1) is 8.75. The zero-order valence-corrected chi connectivity index (χ0v) is 9.46. The van der Waals surface area contributed by atoms with Gasteiger partial charge in [0.25, 0.3) is 5.91 Å². The molecule has 1 N–H and O–H groups in total. The maximum Gasteiger partial charge on any atom is 0.269 e. The van der Waals surface area contributed by atoms with Crippen molar-refractivity contribution in [2.24, 2.45) is 5.41 Å². The molecule has 1 atom stereocenters. The van der Waals surface area contributed by atoms with E-state index in [9.17, 15) is 4.79 Å². The van der Waals surface area contributed by atoms with E-state index in [0.29, 0.717) is 17.2 Å². The van der Waals surface area contributed by atoms with Crippen LogP contribution in [-0.2, 0) is 0 Å². The molecule has 0 aliphatic heterocycles. The normalized spacial score (nSPS) is 24.9. The van der Waals surface area contributed by atoms with Gasteiger partial charge in [0.1, 0.15) is 16.9 Å². The minimum absolute atomic E-state index is 0.0398. The summed E-state index contributed by atoms with van der Waals surface area (Å²) in [5.74, 6) is 0.0398. The largest absolute Gasteiger partial charge is 0.347 e. The second-order valence-corrected chi connectivity index (χ2v) is 5.71. The molecule has 5 heteroatoms.